The van der Waals surface area contributed by atoms with Crippen molar-refractivity contribution in [2.45, 2.75) is 26.8 Å². The lowest BCUT2D eigenvalue weighted by molar-refractivity contribution is 0.303. The van der Waals surface area contributed by atoms with Crippen molar-refractivity contribution in [2.24, 2.45) is 0 Å². The summed E-state index contributed by atoms with van der Waals surface area (Å²) >= 11 is 6.11. The molecule has 0 fully saturated rings. The van der Waals surface area contributed by atoms with Crippen LogP contribution >= 0.6 is 11.6 Å². The highest BCUT2D eigenvalue weighted by Gasteiger charge is 2.15. The molecule has 0 saturated carbocycles. The van der Waals surface area contributed by atoms with E-state index in [1.54, 1.807) is 12.1 Å². The average Bonchev–Trinajstić information content (AvgIpc) is 3.09. The lowest BCUT2D eigenvalue weighted by Gasteiger charge is -2.17. The first kappa shape index (κ1) is 19.4. The number of anilines is 1. The molecule has 0 spiro atoms. The standard InChI is InChI=1S/C18H23ClFN7/c1-3-26(4-2)10-6-9-21-17-16-18(23-12-22-17)27(25-24-16)11-13-14(19)7-5-8-15(13)20/h5,7-8,12H,3-4,6,9-11H2,1-2H3,(H,21,22,23). The van der Waals surface area contributed by atoms with E-state index in [4.69, 9.17) is 11.6 Å². The van der Waals surface area contributed by atoms with Crippen molar-refractivity contribution in [1.82, 2.24) is 29.9 Å². The van der Waals surface area contributed by atoms with Crippen LogP contribution in [0.25, 0.3) is 11.2 Å². The van der Waals surface area contributed by atoms with E-state index in [1.807, 2.05) is 0 Å². The lowest BCUT2D eigenvalue weighted by atomic mass is 10.2. The zero-order valence-electron chi connectivity index (χ0n) is 15.5. The second kappa shape index (κ2) is 9.05. The molecule has 1 aromatic carbocycles. The minimum atomic E-state index is -0.380. The zero-order chi connectivity index (χ0) is 19.2. The van der Waals surface area contributed by atoms with Gasteiger partial charge >= 0.3 is 0 Å². The van der Waals surface area contributed by atoms with Crippen molar-refractivity contribution < 1.29 is 4.39 Å². The quantitative estimate of drug-likeness (QED) is 0.565. The Morgan fingerprint density at radius 3 is 2.78 bits per heavy atom. The van der Waals surface area contributed by atoms with Gasteiger partial charge in [0.2, 0.25) is 0 Å². The van der Waals surface area contributed by atoms with Gasteiger partial charge in [0.25, 0.3) is 0 Å². The fourth-order valence-electron chi connectivity index (χ4n) is 2.91. The molecule has 0 radical (unpaired) electrons. The summed E-state index contributed by atoms with van der Waals surface area (Å²) in [7, 11) is 0. The van der Waals surface area contributed by atoms with E-state index >= 15 is 0 Å². The molecule has 0 aliphatic heterocycles. The third-order valence-corrected chi connectivity index (χ3v) is 4.86. The third-order valence-electron chi connectivity index (χ3n) is 4.51. The van der Waals surface area contributed by atoms with Crippen molar-refractivity contribution in [2.75, 3.05) is 31.5 Å². The van der Waals surface area contributed by atoms with Crippen molar-refractivity contribution in [3.63, 3.8) is 0 Å². The molecule has 0 amide bonds. The van der Waals surface area contributed by atoms with Gasteiger partial charge in [-0.3, -0.25) is 0 Å². The maximum absolute atomic E-state index is 14.1. The van der Waals surface area contributed by atoms with E-state index < -0.39 is 0 Å². The Morgan fingerprint density at radius 1 is 1.22 bits per heavy atom. The average molecular weight is 392 g/mol. The number of nitrogens with zero attached hydrogens (tertiary/aromatic N) is 6. The van der Waals surface area contributed by atoms with Crippen molar-refractivity contribution >= 4 is 28.6 Å². The monoisotopic (exact) mass is 391 g/mol. The fraction of sp³-hybridized carbons (Fsp3) is 0.444. The van der Waals surface area contributed by atoms with Crippen LogP contribution in [0.4, 0.5) is 10.2 Å². The molecule has 27 heavy (non-hydrogen) atoms. The SMILES string of the molecule is CCN(CC)CCCNc1ncnc2c1nnn2Cc1c(F)cccc1Cl. The van der Waals surface area contributed by atoms with Crippen molar-refractivity contribution in [1.29, 1.82) is 0 Å². The van der Waals surface area contributed by atoms with Gasteiger partial charge in [-0.25, -0.2) is 19.0 Å². The maximum Gasteiger partial charge on any atom is 0.184 e. The smallest absolute Gasteiger partial charge is 0.184 e. The molecule has 0 aliphatic rings. The van der Waals surface area contributed by atoms with E-state index in [0.29, 0.717) is 27.6 Å². The predicted octanol–water partition coefficient (Wildman–Crippen LogP) is 3.21. The molecule has 0 aliphatic carbocycles. The summed E-state index contributed by atoms with van der Waals surface area (Å²) in [5.41, 5.74) is 1.46. The maximum atomic E-state index is 14.1. The first-order valence-electron chi connectivity index (χ1n) is 9.07. The highest BCUT2D eigenvalue weighted by Crippen LogP contribution is 2.22. The van der Waals surface area contributed by atoms with Gasteiger partial charge in [0.1, 0.15) is 12.1 Å². The molecule has 3 rings (SSSR count). The molecule has 1 N–H and O–H groups in total. The topological polar surface area (TPSA) is 71.8 Å². The molecular weight excluding hydrogens is 369 g/mol. The molecule has 3 aromatic rings. The highest BCUT2D eigenvalue weighted by atomic mass is 35.5. The number of hydrogen-bond acceptors (Lipinski definition) is 6. The number of rotatable bonds is 9. The number of fused-ring (bicyclic) bond motifs is 1. The second-order valence-electron chi connectivity index (χ2n) is 6.15. The number of nitrogens with one attached hydrogen (secondary N) is 1. The van der Waals surface area contributed by atoms with Gasteiger partial charge in [0, 0.05) is 17.1 Å². The van der Waals surface area contributed by atoms with Crippen LogP contribution in [0, 0.1) is 5.82 Å². The van der Waals surface area contributed by atoms with E-state index in [1.165, 1.54) is 17.1 Å². The molecule has 0 atom stereocenters. The Morgan fingerprint density at radius 2 is 2.04 bits per heavy atom. The highest BCUT2D eigenvalue weighted by molar-refractivity contribution is 6.31. The second-order valence-corrected chi connectivity index (χ2v) is 6.56. The summed E-state index contributed by atoms with van der Waals surface area (Å²) in [5, 5.41) is 11.9. The molecule has 7 nitrogen and oxygen atoms in total. The van der Waals surface area contributed by atoms with Gasteiger partial charge in [0.15, 0.2) is 17.0 Å². The summed E-state index contributed by atoms with van der Waals surface area (Å²) in [6, 6.07) is 4.60. The number of benzene rings is 1. The van der Waals surface area contributed by atoms with Crippen LogP contribution in [0.2, 0.25) is 5.02 Å². The fourth-order valence-corrected chi connectivity index (χ4v) is 3.13. The molecular formula is C18H23ClFN7. The van der Waals surface area contributed by atoms with Crippen LogP contribution in [0.3, 0.4) is 0 Å². The molecule has 2 heterocycles. The normalized spacial score (nSPS) is 11.4. The summed E-state index contributed by atoms with van der Waals surface area (Å²) in [5.74, 6) is 0.250. The minimum Gasteiger partial charge on any atom is -0.368 e. The lowest BCUT2D eigenvalue weighted by Crippen LogP contribution is -2.25. The van der Waals surface area contributed by atoms with Gasteiger partial charge in [-0.2, -0.15) is 0 Å². The Hall–Kier alpha value is -2.32. The summed E-state index contributed by atoms with van der Waals surface area (Å²) in [4.78, 5) is 10.9. The molecule has 2 aromatic heterocycles. The van der Waals surface area contributed by atoms with E-state index in [0.717, 1.165) is 32.6 Å². The third kappa shape index (κ3) is 4.51. The van der Waals surface area contributed by atoms with Gasteiger partial charge in [-0.05, 0) is 38.2 Å². The number of hydrogen-bond donors (Lipinski definition) is 1. The van der Waals surface area contributed by atoms with Crippen molar-refractivity contribution in [3.05, 3.63) is 40.9 Å². The van der Waals surface area contributed by atoms with Gasteiger partial charge in [-0.15, -0.1) is 5.10 Å². The first-order valence-corrected chi connectivity index (χ1v) is 9.45. The first-order chi connectivity index (χ1) is 13.1. The van der Waals surface area contributed by atoms with Gasteiger partial charge < -0.3 is 10.2 Å². The molecule has 9 heteroatoms. The van der Waals surface area contributed by atoms with Gasteiger partial charge in [-0.1, -0.05) is 36.7 Å². The Labute approximate surface area is 162 Å². The molecule has 0 saturated heterocycles. The van der Waals surface area contributed by atoms with Crippen LogP contribution < -0.4 is 5.32 Å². The Bertz CT molecular complexity index is 874. The van der Waals surface area contributed by atoms with Crippen LogP contribution in [0.5, 0.6) is 0 Å². The van der Waals surface area contributed by atoms with Crippen LogP contribution in [0.15, 0.2) is 24.5 Å². The number of aromatic nitrogens is 5. The van der Waals surface area contributed by atoms with E-state index in [9.17, 15) is 4.39 Å². The number of halogens is 2. The Balaban J connectivity index is 1.73. The van der Waals surface area contributed by atoms with Crippen molar-refractivity contribution in [3.8, 4) is 0 Å². The van der Waals surface area contributed by atoms with Gasteiger partial charge in [0.05, 0.1) is 6.54 Å². The van der Waals surface area contributed by atoms with E-state index in [-0.39, 0.29) is 12.4 Å². The summed E-state index contributed by atoms with van der Waals surface area (Å²) in [6.45, 7) is 8.35. The zero-order valence-corrected chi connectivity index (χ0v) is 16.2. The summed E-state index contributed by atoms with van der Waals surface area (Å²) in [6.07, 6.45) is 2.45. The van der Waals surface area contributed by atoms with Crippen LogP contribution in [-0.2, 0) is 6.54 Å². The molecule has 0 bridgehead atoms. The van der Waals surface area contributed by atoms with E-state index in [2.05, 4.69) is 44.3 Å². The predicted molar refractivity (Wildman–Crippen MR) is 105 cm³/mol. The molecule has 0 unspecified atom stereocenters. The van der Waals surface area contributed by atoms with Crippen LogP contribution in [0.1, 0.15) is 25.8 Å². The summed E-state index contributed by atoms with van der Waals surface area (Å²) < 4.78 is 15.6. The van der Waals surface area contributed by atoms with Crippen LogP contribution in [-0.4, -0.2) is 56.0 Å². The minimum absolute atomic E-state index is 0.153. The Kier molecular flexibility index (Phi) is 6.52. The largest absolute Gasteiger partial charge is 0.368 e. The molecule has 144 valence electrons.